The smallest absolute Gasteiger partial charge is 0.222 e. The minimum atomic E-state index is 0.224. The molecule has 4 heteroatoms. The van der Waals surface area contributed by atoms with E-state index in [1.165, 1.54) is 12.8 Å². The highest BCUT2D eigenvalue weighted by Crippen LogP contribution is 2.02. The summed E-state index contributed by atoms with van der Waals surface area (Å²) < 4.78 is 0. The SMILES string of the molecule is CN(C)C(=O)CCCNC1CCNCC1. The topological polar surface area (TPSA) is 44.4 Å². The van der Waals surface area contributed by atoms with Crippen LogP contribution in [0.2, 0.25) is 0 Å². The van der Waals surface area contributed by atoms with Gasteiger partial charge in [-0.3, -0.25) is 4.79 Å². The lowest BCUT2D eigenvalue weighted by Crippen LogP contribution is -2.40. The molecule has 0 bridgehead atoms. The first-order valence-corrected chi connectivity index (χ1v) is 5.84. The molecule has 0 unspecified atom stereocenters. The summed E-state index contributed by atoms with van der Waals surface area (Å²) in [5.74, 6) is 0.224. The van der Waals surface area contributed by atoms with Gasteiger partial charge in [-0.25, -0.2) is 0 Å². The van der Waals surface area contributed by atoms with Gasteiger partial charge in [0.2, 0.25) is 5.91 Å². The van der Waals surface area contributed by atoms with Gasteiger partial charge in [-0.1, -0.05) is 0 Å². The second-order valence-corrected chi connectivity index (χ2v) is 4.37. The number of amides is 1. The minimum Gasteiger partial charge on any atom is -0.349 e. The third-order valence-electron chi connectivity index (χ3n) is 2.84. The lowest BCUT2D eigenvalue weighted by Gasteiger charge is -2.23. The summed E-state index contributed by atoms with van der Waals surface area (Å²) in [6, 6.07) is 0.653. The molecule has 1 rings (SSSR count). The zero-order chi connectivity index (χ0) is 11.1. The Morgan fingerprint density at radius 2 is 2.07 bits per heavy atom. The Bertz CT molecular complexity index is 188. The first-order valence-electron chi connectivity index (χ1n) is 5.84. The predicted molar refractivity (Wildman–Crippen MR) is 61.8 cm³/mol. The summed E-state index contributed by atoms with van der Waals surface area (Å²) in [4.78, 5) is 12.9. The third-order valence-corrected chi connectivity index (χ3v) is 2.84. The quantitative estimate of drug-likeness (QED) is 0.641. The number of piperidine rings is 1. The third kappa shape index (κ3) is 5.14. The summed E-state index contributed by atoms with van der Waals surface area (Å²) in [5.41, 5.74) is 0. The maximum Gasteiger partial charge on any atom is 0.222 e. The van der Waals surface area contributed by atoms with Crippen LogP contribution in [0.4, 0.5) is 0 Å². The Hall–Kier alpha value is -0.610. The highest BCUT2D eigenvalue weighted by molar-refractivity contribution is 5.75. The molecule has 0 saturated carbocycles. The molecular formula is C11H23N3O. The molecule has 1 amide bonds. The van der Waals surface area contributed by atoms with Crippen molar-refractivity contribution in [2.75, 3.05) is 33.7 Å². The van der Waals surface area contributed by atoms with Gasteiger partial charge < -0.3 is 15.5 Å². The molecule has 15 heavy (non-hydrogen) atoms. The highest BCUT2D eigenvalue weighted by Gasteiger charge is 2.11. The molecule has 0 aromatic rings. The number of nitrogens with one attached hydrogen (secondary N) is 2. The van der Waals surface area contributed by atoms with E-state index in [-0.39, 0.29) is 5.91 Å². The summed E-state index contributed by atoms with van der Waals surface area (Å²) in [6.45, 7) is 3.20. The maximum absolute atomic E-state index is 11.3. The van der Waals surface area contributed by atoms with E-state index >= 15 is 0 Å². The Kier molecular flexibility index (Phi) is 5.65. The Labute approximate surface area is 92.4 Å². The van der Waals surface area contributed by atoms with Gasteiger partial charge >= 0.3 is 0 Å². The number of rotatable bonds is 5. The number of carbonyl (C=O) groups excluding carboxylic acids is 1. The molecule has 88 valence electrons. The van der Waals surface area contributed by atoms with Crippen molar-refractivity contribution in [3.8, 4) is 0 Å². The van der Waals surface area contributed by atoms with Gasteiger partial charge in [0.25, 0.3) is 0 Å². The molecule has 0 aromatic heterocycles. The average molecular weight is 213 g/mol. The maximum atomic E-state index is 11.3. The molecule has 1 aliphatic heterocycles. The summed E-state index contributed by atoms with van der Waals surface area (Å²) >= 11 is 0. The second-order valence-electron chi connectivity index (χ2n) is 4.37. The summed E-state index contributed by atoms with van der Waals surface area (Å²) in [7, 11) is 3.62. The molecule has 2 N–H and O–H groups in total. The fourth-order valence-electron chi connectivity index (χ4n) is 1.80. The fourth-order valence-corrected chi connectivity index (χ4v) is 1.80. The molecule has 0 spiro atoms. The largest absolute Gasteiger partial charge is 0.349 e. The van der Waals surface area contributed by atoms with Crippen LogP contribution in [0.25, 0.3) is 0 Å². The van der Waals surface area contributed by atoms with Gasteiger partial charge in [0.1, 0.15) is 0 Å². The first kappa shape index (κ1) is 12.5. The minimum absolute atomic E-state index is 0.224. The van der Waals surface area contributed by atoms with Gasteiger partial charge in [-0.05, 0) is 38.9 Å². The molecule has 1 fully saturated rings. The van der Waals surface area contributed by atoms with Crippen LogP contribution in [0.5, 0.6) is 0 Å². The molecule has 0 atom stereocenters. The van der Waals surface area contributed by atoms with Crippen LogP contribution >= 0.6 is 0 Å². The van der Waals surface area contributed by atoms with Crippen molar-refractivity contribution in [3.05, 3.63) is 0 Å². The second kappa shape index (κ2) is 6.80. The van der Waals surface area contributed by atoms with Gasteiger partial charge in [0, 0.05) is 26.6 Å². The van der Waals surface area contributed by atoms with Crippen molar-refractivity contribution in [2.24, 2.45) is 0 Å². The van der Waals surface area contributed by atoms with Crippen molar-refractivity contribution < 1.29 is 4.79 Å². The molecule has 4 nitrogen and oxygen atoms in total. The molecule has 0 aliphatic carbocycles. The van der Waals surface area contributed by atoms with Gasteiger partial charge in [0.15, 0.2) is 0 Å². The van der Waals surface area contributed by atoms with Crippen LogP contribution in [-0.4, -0.2) is 50.6 Å². The van der Waals surface area contributed by atoms with Gasteiger partial charge in [-0.15, -0.1) is 0 Å². The predicted octanol–water partition coefficient (Wildman–Crippen LogP) is 0.196. The van der Waals surface area contributed by atoms with Crippen LogP contribution < -0.4 is 10.6 Å². The molecule has 1 aliphatic rings. The average Bonchev–Trinajstić information content (AvgIpc) is 2.25. The van der Waals surface area contributed by atoms with E-state index in [1.807, 2.05) is 14.1 Å². The van der Waals surface area contributed by atoms with Crippen LogP contribution in [0.15, 0.2) is 0 Å². The molecule has 0 radical (unpaired) electrons. The Morgan fingerprint density at radius 3 is 2.67 bits per heavy atom. The molecular weight excluding hydrogens is 190 g/mol. The van der Waals surface area contributed by atoms with E-state index in [4.69, 9.17) is 0 Å². The summed E-state index contributed by atoms with van der Waals surface area (Å²) in [5, 5.41) is 6.84. The zero-order valence-electron chi connectivity index (χ0n) is 9.88. The lowest BCUT2D eigenvalue weighted by atomic mass is 10.1. The lowest BCUT2D eigenvalue weighted by molar-refractivity contribution is -0.128. The Morgan fingerprint density at radius 1 is 1.40 bits per heavy atom. The van der Waals surface area contributed by atoms with E-state index in [1.54, 1.807) is 4.90 Å². The first-order chi connectivity index (χ1) is 7.20. The highest BCUT2D eigenvalue weighted by atomic mass is 16.2. The fraction of sp³-hybridized carbons (Fsp3) is 0.909. The van der Waals surface area contributed by atoms with E-state index in [9.17, 15) is 4.79 Å². The Balaban J connectivity index is 1.98. The van der Waals surface area contributed by atoms with Crippen molar-refractivity contribution in [1.29, 1.82) is 0 Å². The van der Waals surface area contributed by atoms with E-state index in [2.05, 4.69) is 10.6 Å². The number of hydrogen-bond donors (Lipinski definition) is 2. The van der Waals surface area contributed by atoms with E-state index < -0.39 is 0 Å². The van der Waals surface area contributed by atoms with Crippen molar-refractivity contribution >= 4 is 5.91 Å². The monoisotopic (exact) mass is 213 g/mol. The van der Waals surface area contributed by atoms with Crippen LogP contribution in [0.3, 0.4) is 0 Å². The van der Waals surface area contributed by atoms with E-state index in [0.717, 1.165) is 26.1 Å². The number of nitrogens with zero attached hydrogens (tertiary/aromatic N) is 1. The standard InChI is InChI=1S/C11H23N3O/c1-14(2)11(15)4-3-7-13-10-5-8-12-9-6-10/h10,12-13H,3-9H2,1-2H3. The van der Waals surface area contributed by atoms with E-state index in [0.29, 0.717) is 12.5 Å². The van der Waals surface area contributed by atoms with Crippen LogP contribution in [-0.2, 0) is 4.79 Å². The summed E-state index contributed by atoms with van der Waals surface area (Å²) in [6.07, 6.45) is 4.02. The van der Waals surface area contributed by atoms with Crippen molar-refractivity contribution in [3.63, 3.8) is 0 Å². The van der Waals surface area contributed by atoms with Gasteiger partial charge in [0.05, 0.1) is 0 Å². The normalized spacial score (nSPS) is 17.7. The van der Waals surface area contributed by atoms with Crippen molar-refractivity contribution in [1.82, 2.24) is 15.5 Å². The number of carbonyl (C=O) groups is 1. The number of hydrogen-bond acceptors (Lipinski definition) is 3. The van der Waals surface area contributed by atoms with Crippen molar-refractivity contribution in [2.45, 2.75) is 31.7 Å². The molecule has 1 saturated heterocycles. The molecule has 0 aromatic carbocycles. The molecule has 1 heterocycles. The van der Waals surface area contributed by atoms with Crippen LogP contribution in [0, 0.1) is 0 Å². The van der Waals surface area contributed by atoms with Crippen LogP contribution in [0.1, 0.15) is 25.7 Å². The van der Waals surface area contributed by atoms with Gasteiger partial charge in [-0.2, -0.15) is 0 Å². The zero-order valence-corrected chi connectivity index (χ0v) is 9.88.